The molecule has 5 heteroatoms. The third kappa shape index (κ3) is 4.08. The van der Waals surface area contributed by atoms with Crippen LogP contribution < -0.4 is 10.6 Å². The molecule has 0 aliphatic heterocycles. The molecule has 28 heavy (non-hydrogen) atoms. The van der Waals surface area contributed by atoms with E-state index in [4.69, 9.17) is 0 Å². The molecule has 2 N–H and O–H groups in total. The van der Waals surface area contributed by atoms with Crippen molar-refractivity contribution in [1.82, 2.24) is 10.3 Å². The van der Waals surface area contributed by atoms with Gasteiger partial charge < -0.3 is 10.6 Å². The van der Waals surface area contributed by atoms with E-state index in [-0.39, 0.29) is 17.7 Å². The predicted molar refractivity (Wildman–Crippen MR) is 109 cm³/mol. The molecule has 5 nitrogen and oxygen atoms in total. The van der Waals surface area contributed by atoms with Gasteiger partial charge in [0.25, 0.3) is 0 Å². The SMILES string of the molecule is O=C(Nc1ccc(C2(C(=O)NCc3cccnc3)CCCCC2)cc1)C1CC1. The maximum Gasteiger partial charge on any atom is 0.230 e. The molecule has 0 unspecified atom stereocenters. The number of carbonyl (C=O) groups excluding carboxylic acids is 2. The van der Waals surface area contributed by atoms with Crippen LogP contribution in [-0.2, 0) is 21.5 Å². The highest BCUT2D eigenvalue weighted by atomic mass is 16.2. The van der Waals surface area contributed by atoms with E-state index in [1.54, 1.807) is 12.4 Å². The van der Waals surface area contributed by atoms with Crippen LogP contribution in [0.5, 0.6) is 0 Å². The highest BCUT2D eigenvalue weighted by Crippen LogP contribution is 2.40. The first-order valence-electron chi connectivity index (χ1n) is 10.3. The minimum absolute atomic E-state index is 0.0887. The molecular weight excluding hydrogens is 350 g/mol. The van der Waals surface area contributed by atoms with Gasteiger partial charge in [0.2, 0.25) is 11.8 Å². The summed E-state index contributed by atoms with van der Waals surface area (Å²) in [5.41, 5.74) is 2.36. The largest absolute Gasteiger partial charge is 0.351 e. The second kappa shape index (κ2) is 8.13. The molecule has 0 radical (unpaired) electrons. The van der Waals surface area contributed by atoms with E-state index in [1.807, 2.05) is 36.4 Å². The second-order valence-electron chi connectivity index (χ2n) is 8.03. The molecule has 2 aromatic rings. The van der Waals surface area contributed by atoms with E-state index in [0.717, 1.165) is 55.3 Å². The molecular formula is C23H27N3O2. The first-order chi connectivity index (χ1) is 13.7. The number of rotatable bonds is 6. The van der Waals surface area contributed by atoms with Gasteiger partial charge in [-0.2, -0.15) is 0 Å². The van der Waals surface area contributed by atoms with Crippen molar-refractivity contribution in [2.75, 3.05) is 5.32 Å². The lowest BCUT2D eigenvalue weighted by molar-refractivity contribution is -0.128. The van der Waals surface area contributed by atoms with Crippen LogP contribution in [-0.4, -0.2) is 16.8 Å². The summed E-state index contributed by atoms with van der Waals surface area (Å²) in [6.07, 6.45) is 10.5. The van der Waals surface area contributed by atoms with E-state index in [9.17, 15) is 9.59 Å². The van der Waals surface area contributed by atoms with E-state index in [2.05, 4.69) is 15.6 Å². The smallest absolute Gasteiger partial charge is 0.230 e. The van der Waals surface area contributed by atoms with Crippen molar-refractivity contribution in [2.45, 2.75) is 56.9 Å². The van der Waals surface area contributed by atoms with Crippen molar-refractivity contribution >= 4 is 17.5 Å². The Morgan fingerprint density at radius 3 is 2.43 bits per heavy atom. The Labute approximate surface area is 165 Å². The average Bonchev–Trinajstić information content (AvgIpc) is 3.59. The van der Waals surface area contributed by atoms with Gasteiger partial charge in [0.1, 0.15) is 0 Å². The molecule has 0 bridgehead atoms. The number of hydrogen-bond donors (Lipinski definition) is 2. The highest BCUT2D eigenvalue weighted by molar-refractivity contribution is 5.94. The molecule has 2 amide bonds. The third-order valence-electron chi connectivity index (χ3n) is 5.97. The lowest BCUT2D eigenvalue weighted by Crippen LogP contribution is -2.45. The zero-order valence-corrected chi connectivity index (χ0v) is 16.1. The zero-order valence-electron chi connectivity index (χ0n) is 16.1. The Morgan fingerprint density at radius 2 is 1.79 bits per heavy atom. The summed E-state index contributed by atoms with van der Waals surface area (Å²) in [5.74, 6) is 0.378. The number of anilines is 1. The lowest BCUT2D eigenvalue weighted by Gasteiger charge is -2.36. The average molecular weight is 377 g/mol. The van der Waals surface area contributed by atoms with Crippen molar-refractivity contribution in [3.05, 3.63) is 59.9 Å². The number of nitrogens with zero attached hydrogens (tertiary/aromatic N) is 1. The van der Waals surface area contributed by atoms with Crippen LogP contribution in [0.2, 0.25) is 0 Å². The van der Waals surface area contributed by atoms with Crippen LogP contribution in [0.25, 0.3) is 0 Å². The van der Waals surface area contributed by atoms with Gasteiger partial charge in [-0.15, -0.1) is 0 Å². The molecule has 2 aliphatic rings. The van der Waals surface area contributed by atoms with Crippen molar-refractivity contribution in [2.24, 2.45) is 5.92 Å². The Hall–Kier alpha value is -2.69. The van der Waals surface area contributed by atoms with Gasteiger partial charge in [0.05, 0.1) is 5.41 Å². The van der Waals surface area contributed by atoms with Gasteiger partial charge >= 0.3 is 0 Å². The maximum atomic E-state index is 13.3. The molecule has 1 aromatic carbocycles. The molecule has 0 saturated heterocycles. The summed E-state index contributed by atoms with van der Waals surface area (Å²) in [7, 11) is 0. The molecule has 2 fully saturated rings. The van der Waals surface area contributed by atoms with E-state index in [1.165, 1.54) is 6.42 Å². The standard InChI is InChI=1S/C23H27N3O2/c27-21(18-6-7-18)26-20-10-8-19(9-11-20)23(12-2-1-3-13-23)22(28)25-16-17-5-4-14-24-15-17/h4-5,8-11,14-15,18H,1-3,6-7,12-13,16H2,(H,25,28)(H,26,27). The van der Waals surface area contributed by atoms with Crippen molar-refractivity contribution in [3.63, 3.8) is 0 Å². The summed E-state index contributed by atoms with van der Waals surface area (Å²) in [6, 6.07) is 11.7. The minimum Gasteiger partial charge on any atom is -0.351 e. The monoisotopic (exact) mass is 377 g/mol. The topological polar surface area (TPSA) is 71.1 Å². The molecule has 2 saturated carbocycles. The maximum absolute atomic E-state index is 13.3. The second-order valence-corrected chi connectivity index (χ2v) is 8.03. The molecule has 0 atom stereocenters. The summed E-state index contributed by atoms with van der Waals surface area (Å²) < 4.78 is 0. The van der Waals surface area contributed by atoms with E-state index in [0.29, 0.717) is 6.54 Å². The fourth-order valence-corrected chi connectivity index (χ4v) is 4.12. The molecule has 1 heterocycles. The Balaban J connectivity index is 1.49. The van der Waals surface area contributed by atoms with Gasteiger partial charge in [0, 0.05) is 30.5 Å². The van der Waals surface area contributed by atoms with E-state index < -0.39 is 5.41 Å². The predicted octanol–water partition coefficient (Wildman–Crippen LogP) is 3.95. The van der Waals surface area contributed by atoms with Gasteiger partial charge in [-0.1, -0.05) is 37.5 Å². The lowest BCUT2D eigenvalue weighted by atomic mass is 9.68. The minimum atomic E-state index is -0.487. The van der Waals surface area contributed by atoms with Crippen LogP contribution in [0.3, 0.4) is 0 Å². The summed E-state index contributed by atoms with van der Waals surface area (Å²) in [6.45, 7) is 0.490. The van der Waals surface area contributed by atoms with Gasteiger partial charge in [-0.05, 0) is 55.0 Å². The van der Waals surface area contributed by atoms with Crippen molar-refractivity contribution in [1.29, 1.82) is 0 Å². The van der Waals surface area contributed by atoms with Crippen LogP contribution in [0.4, 0.5) is 5.69 Å². The summed E-state index contributed by atoms with van der Waals surface area (Å²) in [5, 5.41) is 6.11. The first kappa shape index (κ1) is 18.7. The number of amides is 2. The number of pyridine rings is 1. The van der Waals surface area contributed by atoms with Crippen LogP contribution in [0.1, 0.15) is 56.1 Å². The molecule has 1 aromatic heterocycles. The van der Waals surface area contributed by atoms with Crippen molar-refractivity contribution in [3.8, 4) is 0 Å². The number of benzene rings is 1. The molecule has 0 spiro atoms. The summed E-state index contributed by atoms with van der Waals surface area (Å²) >= 11 is 0. The van der Waals surface area contributed by atoms with E-state index >= 15 is 0 Å². The normalized spacial score (nSPS) is 18.3. The van der Waals surface area contributed by atoms with Crippen LogP contribution in [0, 0.1) is 5.92 Å². The fourth-order valence-electron chi connectivity index (χ4n) is 4.12. The zero-order chi connectivity index (χ0) is 19.4. The Bertz CT molecular complexity index is 823. The Morgan fingerprint density at radius 1 is 1.04 bits per heavy atom. The van der Waals surface area contributed by atoms with Crippen molar-refractivity contribution < 1.29 is 9.59 Å². The molecule has 4 rings (SSSR count). The summed E-state index contributed by atoms with van der Waals surface area (Å²) in [4.78, 5) is 29.3. The first-order valence-corrected chi connectivity index (χ1v) is 10.3. The highest BCUT2D eigenvalue weighted by Gasteiger charge is 2.41. The van der Waals surface area contributed by atoms with Crippen LogP contribution >= 0.6 is 0 Å². The number of aromatic nitrogens is 1. The number of nitrogens with one attached hydrogen (secondary N) is 2. The quantitative estimate of drug-likeness (QED) is 0.801. The Kier molecular flexibility index (Phi) is 5.42. The third-order valence-corrected chi connectivity index (χ3v) is 5.97. The van der Waals surface area contributed by atoms with Crippen LogP contribution in [0.15, 0.2) is 48.8 Å². The number of hydrogen-bond acceptors (Lipinski definition) is 3. The fraction of sp³-hybridized carbons (Fsp3) is 0.435. The van der Waals surface area contributed by atoms with Gasteiger partial charge in [0.15, 0.2) is 0 Å². The van der Waals surface area contributed by atoms with Gasteiger partial charge in [-0.3, -0.25) is 14.6 Å². The van der Waals surface area contributed by atoms with Gasteiger partial charge in [-0.25, -0.2) is 0 Å². The number of carbonyl (C=O) groups is 2. The molecule has 2 aliphatic carbocycles. The molecule has 146 valence electrons.